The number of nitro benzene ring substituents is 1. The molecule has 3 aromatic rings. The summed E-state index contributed by atoms with van der Waals surface area (Å²) in [6, 6.07) is 18.6. The van der Waals surface area contributed by atoms with Crippen LogP contribution < -0.4 is 9.80 Å². The smallest absolute Gasteiger partial charge is 0.269 e. The molecule has 7 heteroatoms. The van der Waals surface area contributed by atoms with Crippen molar-refractivity contribution >= 4 is 33.7 Å². The highest BCUT2D eigenvalue weighted by atomic mass is 16.6. The van der Waals surface area contributed by atoms with Crippen LogP contribution in [0.2, 0.25) is 0 Å². The van der Waals surface area contributed by atoms with E-state index in [0.717, 1.165) is 53.9 Å². The summed E-state index contributed by atoms with van der Waals surface area (Å²) in [5.41, 5.74) is 2.86. The van der Waals surface area contributed by atoms with Crippen LogP contribution in [0.25, 0.3) is 10.8 Å². The highest BCUT2D eigenvalue weighted by Crippen LogP contribution is 2.37. The normalized spacial score (nSPS) is 16.6. The van der Waals surface area contributed by atoms with E-state index in [4.69, 9.17) is 0 Å². The SMILES string of the molecule is O=C1c2cccc3cccc(c23)N1CN1CCN(c2ccc([N+](=O)[O-])cc2)CC1. The fraction of sp³-hybridized carbons (Fsp3) is 0.227. The summed E-state index contributed by atoms with van der Waals surface area (Å²) < 4.78 is 0. The average Bonchev–Trinajstić information content (AvgIpc) is 3.02. The van der Waals surface area contributed by atoms with E-state index in [1.54, 1.807) is 24.3 Å². The third-order valence-electron chi connectivity index (χ3n) is 5.79. The molecule has 0 aromatic heterocycles. The fourth-order valence-corrected chi connectivity index (χ4v) is 4.25. The van der Waals surface area contributed by atoms with Crippen molar-refractivity contribution in [3.05, 3.63) is 76.3 Å². The molecule has 146 valence electrons. The first-order chi connectivity index (χ1) is 14.1. The zero-order valence-corrected chi connectivity index (χ0v) is 15.8. The number of benzene rings is 3. The number of anilines is 2. The molecule has 0 saturated carbocycles. The highest BCUT2D eigenvalue weighted by molar-refractivity contribution is 6.24. The molecule has 2 heterocycles. The van der Waals surface area contributed by atoms with Crippen LogP contribution >= 0.6 is 0 Å². The van der Waals surface area contributed by atoms with Gasteiger partial charge in [0.2, 0.25) is 0 Å². The van der Waals surface area contributed by atoms with Gasteiger partial charge in [-0.05, 0) is 29.7 Å². The Balaban J connectivity index is 1.27. The number of carbonyl (C=O) groups excluding carboxylic acids is 1. The zero-order chi connectivity index (χ0) is 20.0. The molecular weight excluding hydrogens is 368 g/mol. The van der Waals surface area contributed by atoms with E-state index in [-0.39, 0.29) is 16.5 Å². The second-order valence-electron chi connectivity index (χ2n) is 7.43. The van der Waals surface area contributed by atoms with Crippen LogP contribution in [0.5, 0.6) is 0 Å². The second kappa shape index (κ2) is 6.86. The molecule has 7 nitrogen and oxygen atoms in total. The summed E-state index contributed by atoms with van der Waals surface area (Å²) in [4.78, 5) is 29.8. The Morgan fingerprint density at radius 1 is 0.897 bits per heavy atom. The van der Waals surface area contributed by atoms with Crippen molar-refractivity contribution in [2.75, 3.05) is 42.6 Å². The molecule has 5 rings (SSSR count). The topological polar surface area (TPSA) is 69.9 Å². The van der Waals surface area contributed by atoms with Gasteiger partial charge in [-0.15, -0.1) is 0 Å². The first-order valence-electron chi connectivity index (χ1n) is 9.67. The Bertz CT molecular complexity index is 1100. The summed E-state index contributed by atoms with van der Waals surface area (Å²) in [5, 5.41) is 13.0. The summed E-state index contributed by atoms with van der Waals surface area (Å²) in [6.45, 7) is 3.86. The van der Waals surface area contributed by atoms with Crippen molar-refractivity contribution in [1.82, 2.24) is 4.90 Å². The van der Waals surface area contributed by atoms with Crippen molar-refractivity contribution < 1.29 is 9.72 Å². The summed E-state index contributed by atoms with van der Waals surface area (Å²) >= 11 is 0. The van der Waals surface area contributed by atoms with Gasteiger partial charge in [-0.1, -0.05) is 24.3 Å². The average molecular weight is 388 g/mol. The molecule has 1 fully saturated rings. The van der Waals surface area contributed by atoms with Gasteiger partial charge in [-0.2, -0.15) is 0 Å². The minimum absolute atomic E-state index is 0.0644. The van der Waals surface area contributed by atoms with E-state index in [9.17, 15) is 14.9 Å². The third-order valence-corrected chi connectivity index (χ3v) is 5.79. The number of nitrogens with zero attached hydrogens (tertiary/aromatic N) is 4. The van der Waals surface area contributed by atoms with Gasteiger partial charge in [0.1, 0.15) is 0 Å². The van der Waals surface area contributed by atoms with E-state index in [0.29, 0.717) is 6.67 Å². The van der Waals surface area contributed by atoms with Crippen LogP contribution in [0.3, 0.4) is 0 Å². The molecule has 0 radical (unpaired) electrons. The fourth-order valence-electron chi connectivity index (χ4n) is 4.25. The van der Waals surface area contributed by atoms with Gasteiger partial charge in [0.15, 0.2) is 0 Å². The lowest BCUT2D eigenvalue weighted by Crippen LogP contribution is -2.50. The molecule has 0 N–H and O–H groups in total. The quantitative estimate of drug-likeness (QED) is 0.505. The molecule has 1 amide bonds. The number of rotatable bonds is 4. The molecule has 2 aliphatic rings. The number of hydrogen-bond donors (Lipinski definition) is 0. The number of piperazine rings is 1. The number of carbonyl (C=O) groups is 1. The number of hydrogen-bond acceptors (Lipinski definition) is 5. The Morgan fingerprint density at radius 3 is 2.28 bits per heavy atom. The molecule has 0 bridgehead atoms. The summed E-state index contributed by atoms with van der Waals surface area (Å²) in [6.07, 6.45) is 0. The van der Waals surface area contributed by atoms with E-state index < -0.39 is 0 Å². The maximum atomic E-state index is 13.0. The van der Waals surface area contributed by atoms with Gasteiger partial charge < -0.3 is 4.90 Å². The van der Waals surface area contributed by atoms with Crippen molar-refractivity contribution in [3.63, 3.8) is 0 Å². The minimum Gasteiger partial charge on any atom is -0.369 e. The van der Waals surface area contributed by atoms with Crippen molar-refractivity contribution in [2.24, 2.45) is 0 Å². The third kappa shape index (κ3) is 3.00. The Labute approximate surface area is 167 Å². The van der Waals surface area contributed by atoms with Crippen LogP contribution in [0.15, 0.2) is 60.7 Å². The summed E-state index contributed by atoms with van der Waals surface area (Å²) in [7, 11) is 0. The number of amides is 1. The van der Waals surface area contributed by atoms with Crippen molar-refractivity contribution in [1.29, 1.82) is 0 Å². The van der Waals surface area contributed by atoms with Gasteiger partial charge >= 0.3 is 0 Å². The molecule has 3 aromatic carbocycles. The molecule has 2 aliphatic heterocycles. The lowest BCUT2D eigenvalue weighted by Gasteiger charge is -2.37. The maximum absolute atomic E-state index is 13.0. The standard InChI is InChI=1S/C22H20N4O3/c27-22-19-5-1-3-16-4-2-6-20(21(16)19)25(22)15-23-11-13-24(14-12-23)17-7-9-18(10-8-17)26(28)29/h1-10H,11-15H2. The van der Waals surface area contributed by atoms with Gasteiger partial charge in [-0.3, -0.25) is 24.7 Å². The van der Waals surface area contributed by atoms with Gasteiger partial charge in [0, 0.05) is 54.9 Å². The van der Waals surface area contributed by atoms with E-state index in [1.165, 1.54) is 0 Å². The molecule has 0 unspecified atom stereocenters. The predicted octanol–water partition coefficient (Wildman–Crippen LogP) is 3.49. The predicted molar refractivity (Wildman–Crippen MR) is 113 cm³/mol. The summed E-state index contributed by atoms with van der Waals surface area (Å²) in [5.74, 6) is 0.0644. The number of non-ortho nitro benzene ring substituents is 1. The van der Waals surface area contributed by atoms with Gasteiger partial charge in [0.25, 0.3) is 11.6 Å². The van der Waals surface area contributed by atoms with Crippen molar-refractivity contribution in [2.45, 2.75) is 0 Å². The number of nitro groups is 1. The largest absolute Gasteiger partial charge is 0.369 e. The molecule has 0 atom stereocenters. The highest BCUT2D eigenvalue weighted by Gasteiger charge is 2.31. The Hall–Kier alpha value is -3.45. The van der Waals surface area contributed by atoms with Crippen molar-refractivity contribution in [3.8, 4) is 0 Å². The Morgan fingerprint density at radius 2 is 1.59 bits per heavy atom. The lowest BCUT2D eigenvalue weighted by atomic mass is 10.1. The lowest BCUT2D eigenvalue weighted by molar-refractivity contribution is -0.384. The van der Waals surface area contributed by atoms with Gasteiger partial charge in [-0.25, -0.2) is 0 Å². The first-order valence-corrected chi connectivity index (χ1v) is 9.67. The van der Waals surface area contributed by atoms with Crippen LogP contribution in [0.1, 0.15) is 10.4 Å². The maximum Gasteiger partial charge on any atom is 0.269 e. The second-order valence-corrected chi connectivity index (χ2v) is 7.43. The van der Waals surface area contributed by atoms with Crippen LogP contribution in [-0.4, -0.2) is 48.6 Å². The Kier molecular flexibility index (Phi) is 4.17. The monoisotopic (exact) mass is 388 g/mol. The molecule has 29 heavy (non-hydrogen) atoms. The molecule has 1 saturated heterocycles. The molecular formula is C22H20N4O3. The van der Waals surface area contributed by atoms with Crippen LogP contribution in [0, 0.1) is 10.1 Å². The van der Waals surface area contributed by atoms with E-state index in [1.807, 2.05) is 41.3 Å². The van der Waals surface area contributed by atoms with Gasteiger partial charge in [0.05, 0.1) is 17.3 Å². The first kappa shape index (κ1) is 17.6. The van der Waals surface area contributed by atoms with E-state index >= 15 is 0 Å². The van der Waals surface area contributed by atoms with Crippen LogP contribution in [0.4, 0.5) is 17.1 Å². The molecule has 0 spiro atoms. The van der Waals surface area contributed by atoms with Crippen LogP contribution in [-0.2, 0) is 0 Å². The zero-order valence-electron chi connectivity index (χ0n) is 15.8. The molecule has 0 aliphatic carbocycles. The minimum atomic E-state index is -0.382. The van der Waals surface area contributed by atoms with E-state index in [2.05, 4.69) is 9.80 Å².